The van der Waals surface area contributed by atoms with E-state index in [0.29, 0.717) is 0 Å². The Balaban J connectivity index is 1.07. The molecule has 11 aromatic rings. The summed E-state index contributed by atoms with van der Waals surface area (Å²) < 4.78 is 0. The molecule has 3 heterocycles. The molecule has 3 aromatic heterocycles. The third-order valence-corrected chi connectivity index (χ3v) is 15.7. The van der Waals surface area contributed by atoms with Gasteiger partial charge in [-0.15, -0.1) is 0 Å². The molecule has 0 amide bonds. The molecule has 0 unspecified atom stereocenters. The summed E-state index contributed by atoms with van der Waals surface area (Å²) in [5.41, 5.74) is 29.2. The summed E-state index contributed by atoms with van der Waals surface area (Å²) in [4.78, 5) is 14.7. The second kappa shape index (κ2) is 20.0. The summed E-state index contributed by atoms with van der Waals surface area (Å²) in [5.74, 6) is 0. The summed E-state index contributed by atoms with van der Waals surface area (Å²) in [7, 11) is 0. The van der Waals surface area contributed by atoms with Crippen LogP contribution in [0.5, 0.6) is 0 Å². The average Bonchev–Trinajstić information content (AvgIpc) is 3.45. The van der Waals surface area contributed by atoms with Crippen LogP contribution in [0.4, 0.5) is 0 Å². The Morgan fingerprint density at radius 3 is 1.12 bits per heavy atom. The molecule has 372 valence electrons. The van der Waals surface area contributed by atoms with Gasteiger partial charge in [-0.05, 0) is 193 Å². The van der Waals surface area contributed by atoms with Crippen molar-refractivity contribution in [3.05, 3.63) is 246 Å². The lowest BCUT2D eigenvalue weighted by Crippen LogP contribution is -2.11. The molecular weight excluding hydrogens is 919 g/mol. The van der Waals surface area contributed by atoms with Crippen molar-refractivity contribution in [2.45, 2.75) is 80.1 Å². The maximum Gasteiger partial charge on any atom is 0.0709 e. The number of rotatable bonds is 9. The highest BCUT2D eigenvalue weighted by Gasteiger charge is 2.23. The van der Waals surface area contributed by atoms with Crippen molar-refractivity contribution in [1.29, 1.82) is 0 Å². The zero-order valence-electron chi connectivity index (χ0n) is 45.5. The van der Waals surface area contributed by atoms with Crippen molar-refractivity contribution in [2.24, 2.45) is 0 Å². The van der Waals surface area contributed by atoms with E-state index in [2.05, 4.69) is 263 Å². The van der Waals surface area contributed by atoms with E-state index in [0.717, 1.165) is 66.9 Å². The lowest BCUT2D eigenvalue weighted by molar-refractivity contribution is 0.589. The summed E-state index contributed by atoms with van der Waals surface area (Å²) in [6.45, 7) is 22.7. The van der Waals surface area contributed by atoms with E-state index >= 15 is 0 Å². The number of nitrogens with zero attached hydrogens (tertiary/aromatic N) is 3. The number of benzene rings is 8. The highest BCUT2D eigenvalue weighted by atomic mass is 14.7. The van der Waals surface area contributed by atoms with Crippen LogP contribution in [-0.2, 0) is 10.8 Å². The molecule has 0 aliphatic rings. The van der Waals surface area contributed by atoms with Gasteiger partial charge in [0, 0.05) is 34.5 Å². The largest absolute Gasteiger partial charge is 0.256 e. The van der Waals surface area contributed by atoms with Gasteiger partial charge in [-0.1, -0.05) is 187 Å². The Hall–Kier alpha value is -8.53. The highest BCUT2D eigenvalue weighted by molar-refractivity contribution is 5.97. The molecule has 3 heteroatoms. The zero-order chi connectivity index (χ0) is 52.9. The minimum Gasteiger partial charge on any atom is -0.256 e. The van der Waals surface area contributed by atoms with E-state index in [9.17, 15) is 0 Å². The van der Waals surface area contributed by atoms with Crippen LogP contribution in [0.25, 0.3) is 111 Å². The summed E-state index contributed by atoms with van der Waals surface area (Å²) in [6.07, 6.45) is 3.88. The van der Waals surface area contributed by atoms with Crippen LogP contribution in [-0.4, -0.2) is 15.0 Å². The van der Waals surface area contributed by atoms with Gasteiger partial charge in [0.2, 0.25) is 0 Å². The molecule has 0 radical (unpaired) electrons. The molecule has 0 saturated carbocycles. The van der Waals surface area contributed by atoms with Gasteiger partial charge in [-0.2, -0.15) is 0 Å². The monoisotopic (exact) mass is 984 g/mol. The zero-order valence-corrected chi connectivity index (χ0v) is 45.5. The molecule has 3 nitrogen and oxygen atoms in total. The van der Waals surface area contributed by atoms with Gasteiger partial charge in [0.1, 0.15) is 0 Å². The minimum atomic E-state index is 0.0251. The Bertz CT molecular complexity index is 3960. The first-order valence-electron chi connectivity index (χ1n) is 26.6. The van der Waals surface area contributed by atoms with Gasteiger partial charge in [0.15, 0.2) is 0 Å². The molecule has 0 atom stereocenters. The molecule has 0 N–H and O–H groups in total. The van der Waals surface area contributed by atoms with Crippen molar-refractivity contribution in [2.75, 3.05) is 0 Å². The van der Waals surface area contributed by atoms with Crippen LogP contribution in [0, 0.1) is 27.7 Å². The standard InChI is InChI=1S/C73H65N3/c1-46-47(2)49(4)71(70(48(46)3)56-33-31-55(32-34-56)69-45-61(38-40-75-69)73(8,9)10)59-42-57(64-20-14-12-18-62(64)50-23-27-53(28-24-50)67-36-35-52-17-11-16-22-66(52)76-67)41-58(43-59)65-21-15-13-19-63(65)51-25-29-54(30-26-51)68-44-60(37-39-74-68)72(5,6)7/h11-45H,1-10H3. The smallest absolute Gasteiger partial charge is 0.0709 e. The van der Waals surface area contributed by atoms with E-state index in [1.54, 1.807) is 0 Å². The number of para-hydroxylation sites is 1. The third kappa shape index (κ3) is 9.70. The molecule has 76 heavy (non-hydrogen) atoms. The molecule has 0 bridgehead atoms. The quantitative estimate of drug-likeness (QED) is 0.145. The van der Waals surface area contributed by atoms with Crippen LogP contribution >= 0.6 is 0 Å². The number of hydrogen-bond donors (Lipinski definition) is 0. The topological polar surface area (TPSA) is 38.7 Å². The fourth-order valence-electron chi connectivity index (χ4n) is 10.9. The van der Waals surface area contributed by atoms with Crippen molar-refractivity contribution in [1.82, 2.24) is 15.0 Å². The van der Waals surface area contributed by atoms with Crippen molar-refractivity contribution < 1.29 is 0 Å². The number of hydrogen-bond acceptors (Lipinski definition) is 3. The molecule has 0 fully saturated rings. The lowest BCUT2D eigenvalue weighted by atomic mass is 9.80. The van der Waals surface area contributed by atoms with Crippen LogP contribution in [0.2, 0.25) is 0 Å². The Morgan fingerprint density at radius 2 is 0.658 bits per heavy atom. The normalized spacial score (nSPS) is 11.8. The molecular formula is C73H65N3. The van der Waals surface area contributed by atoms with Crippen LogP contribution in [0.1, 0.15) is 74.9 Å². The molecule has 0 spiro atoms. The lowest BCUT2D eigenvalue weighted by Gasteiger charge is -2.24. The van der Waals surface area contributed by atoms with Gasteiger partial charge in [-0.25, -0.2) is 4.98 Å². The first-order valence-corrected chi connectivity index (χ1v) is 26.6. The Morgan fingerprint density at radius 1 is 0.289 bits per heavy atom. The molecule has 0 saturated heterocycles. The minimum absolute atomic E-state index is 0.0251. The van der Waals surface area contributed by atoms with Gasteiger partial charge in [-0.3, -0.25) is 9.97 Å². The van der Waals surface area contributed by atoms with Crippen molar-refractivity contribution in [3.63, 3.8) is 0 Å². The molecule has 0 aliphatic carbocycles. The Kier molecular flexibility index (Phi) is 13.0. The fourth-order valence-corrected chi connectivity index (χ4v) is 10.9. The third-order valence-electron chi connectivity index (χ3n) is 15.7. The van der Waals surface area contributed by atoms with E-state index in [4.69, 9.17) is 15.0 Å². The van der Waals surface area contributed by atoms with Crippen molar-refractivity contribution in [3.8, 4) is 101 Å². The highest BCUT2D eigenvalue weighted by Crippen LogP contribution is 2.46. The van der Waals surface area contributed by atoms with E-state index < -0.39 is 0 Å². The first kappa shape index (κ1) is 49.7. The first-order chi connectivity index (χ1) is 36.6. The molecule has 8 aromatic carbocycles. The van der Waals surface area contributed by atoms with Crippen LogP contribution in [0.3, 0.4) is 0 Å². The summed E-state index contributed by atoms with van der Waals surface area (Å²) in [5, 5.41) is 1.14. The second-order valence-corrected chi connectivity index (χ2v) is 22.6. The molecule has 11 rings (SSSR count). The number of pyridine rings is 3. The van der Waals surface area contributed by atoms with E-state index in [1.807, 2.05) is 18.5 Å². The van der Waals surface area contributed by atoms with E-state index in [-0.39, 0.29) is 10.8 Å². The predicted molar refractivity (Wildman–Crippen MR) is 323 cm³/mol. The predicted octanol–water partition coefficient (Wildman–Crippen LogP) is 19.9. The summed E-state index contributed by atoms with van der Waals surface area (Å²) in [6, 6.07) is 73.3. The van der Waals surface area contributed by atoms with Gasteiger partial charge in [0.25, 0.3) is 0 Å². The fraction of sp³-hybridized carbons (Fsp3) is 0.164. The van der Waals surface area contributed by atoms with Gasteiger partial charge >= 0.3 is 0 Å². The van der Waals surface area contributed by atoms with Gasteiger partial charge in [0.05, 0.1) is 22.6 Å². The average molecular weight is 984 g/mol. The van der Waals surface area contributed by atoms with Gasteiger partial charge < -0.3 is 0 Å². The maximum atomic E-state index is 5.03. The van der Waals surface area contributed by atoms with Crippen LogP contribution in [0.15, 0.2) is 213 Å². The van der Waals surface area contributed by atoms with E-state index in [1.165, 1.54) is 77.9 Å². The second-order valence-electron chi connectivity index (χ2n) is 22.6. The molecule has 0 aliphatic heterocycles. The SMILES string of the molecule is Cc1c(C)c(C)c(-c2cc(-c3ccccc3-c3ccc(-c4cc(C(C)(C)C)ccn4)cc3)cc(-c3ccccc3-c3ccc(-c4ccc5ccccc5n4)cc3)c2)c(-c2ccc(-c3cc(C(C)(C)C)ccn3)cc2)c1C. The number of fused-ring (bicyclic) bond motifs is 1. The Labute approximate surface area is 450 Å². The van der Waals surface area contributed by atoms with Crippen LogP contribution < -0.4 is 0 Å². The number of aromatic nitrogens is 3. The summed E-state index contributed by atoms with van der Waals surface area (Å²) >= 11 is 0. The van der Waals surface area contributed by atoms with Crippen molar-refractivity contribution >= 4 is 10.9 Å². The maximum absolute atomic E-state index is 5.03.